The van der Waals surface area contributed by atoms with Crippen molar-refractivity contribution < 1.29 is 4.74 Å². The van der Waals surface area contributed by atoms with E-state index in [0.29, 0.717) is 11.8 Å². The summed E-state index contributed by atoms with van der Waals surface area (Å²) in [6.07, 6.45) is 8.44. The highest BCUT2D eigenvalue weighted by Crippen LogP contribution is 2.52. The molecule has 3 rings (SSSR count). The van der Waals surface area contributed by atoms with Crippen LogP contribution in [-0.4, -0.2) is 5.60 Å². The Morgan fingerprint density at radius 1 is 1.22 bits per heavy atom. The molecule has 124 valence electrons. The summed E-state index contributed by atoms with van der Waals surface area (Å²) in [7, 11) is 0. The van der Waals surface area contributed by atoms with Crippen molar-refractivity contribution in [2.75, 3.05) is 0 Å². The maximum atomic E-state index is 6.80. The van der Waals surface area contributed by atoms with Crippen LogP contribution in [0.25, 0.3) is 0 Å². The van der Waals surface area contributed by atoms with Gasteiger partial charge in [-0.3, -0.25) is 0 Å². The Bertz CT molecular complexity index is 618. The number of rotatable bonds is 3. The summed E-state index contributed by atoms with van der Waals surface area (Å²) >= 11 is 0. The van der Waals surface area contributed by atoms with E-state index in [0.717, 1.165) is 12.8 Å². The normalized spacial score (nSPS) is 33.1. The van der Waals surface area contributed by atoms with Crippen molar-refractivity contribution in [3.8, 4) is 0 Å². The molecule has 2 bridgehead atoms. The van der Waals surface area contributed by atoms with Gasteiger partial charge in [0.2, 0.25) is 0 Å². The van der Waals surface area contributed by atoms with Crippen LogP contribution in [0.1, 0.15) is 64.2 Å². The highest BCUT2D eigenvalue weighted by atomic mass is 16.5. The number of hydrogen-bond donors (Lipinski definition) is 0. The lowest BCUT2D eigenvalue weighted by Crippen LogP contribution is -2.47. The van der Waals surface area contributed by atoms with E-state index in [4.69, 9.17) is 4.74 Å². The zero-order chi connectivity index (χ0) is 16.6. The number of aryl methyl sites for hydroxylation is 1. The van der Waals surface area contributed by atoms with Gasteiger partial charge in [-0.05, 0) is 65.4 Å². The number of allylic oxidation sites excluding steroid dienone is 2. The van der Waals surface area contributed by atoms with Crippen LogP contribution in [0.4, 0.5) is 0 Å². The smallest absolute Gasteiger partial charge is 0.0897 e. The molecule has 0 radical (unpaired) electrons. The van der Waals surface area contributed by atoms with Gasteiger partial charge >= 0.3 is 0 Å². The molecule has 2 aliphatic rings. The van der Waals surface area contributed by atoms with Crippen LogP contribution < -0.4 is 0 Å². The third-order valence-electron chi connectivity index (χ3n) is 5.79. The SMILES string of the molecule is CC(C)=CCC1(C)OC(c2ccc(C)cc2)[C@H]2C[C@@H]1CC=C2C. The highest BCUT2D eigenvalue weighted by Gasteiger charge is 2.47. The molecular formula is C22H30O. The highest BCUT2D eigenvalue weighted by molar-refractivity contribution is 5.28. The molecule has 0 N–H and O–H groups in total. The van der Waals surface area contributed by atoms with Crippen molar-refractivity contribution in [2.24, 2.45) is 11.8 Å². The molecule has 1 saturated heterocycles. The molecule has 0 aromatic heterocycles. The molecule has 1 aromatic carbocycles. The summed E-state index contributed by atoms with van der Waals surface area (Å²) < 4.78 is 6.80. The predicted molar refractivity (Wildman–Crippen MR) is 97.4 cm³/mol. The average Bonchev–Trinajstić information content (AvgIpc) is 2.52. The van der Waals surface area contributed by atoms with Crippen LogP contribution in [0.15, 0.2) is 47.6 Å². The van der Waals surface area contributed by atoms with E-state index >= 15 is 0 Å². The number of fused-ring (bicyclic) bond motifs is 2. The second kappa shape index (κ2) is 6.28. The number of benzene rings is 1. The van der Waals surface area contributed by atoms with Gasteiger partial charge in [-0.2, -0.15) is 0 Å². The van der Waals surface area contributed by atoms with Crippen molar-refractivity contribution in [3.63, 3.8) is 0 Å². The standard InChI is InChI=1S/C22H30O/c1-15(2)12-13-22(5)19-11-8-17(4)20(14-19)21(23-22)18-9-6-16(3)7-10-18/h6-10,12,19-21H,11,13-14H2,1-5H3/t19-,20-,21?,22?/m0/s1. The molecular weight excluding hydrogens is 280 g/mol. The van der Waals surface area contributed by atoms with Gasteiger partial charge < -0.3 is 4.74 Å². The van der Waals surface area contributed by atoms with Crippen LogP contribution in [0.2, 0.25) is 0 Å². The number of ether oxygens (including phenoxy) is 1. The molecule has 1 aliphatic carbocycles. The Labute approximate surface area is 141 Å². The zero-order valence-corrected chi connectivity index (χ0v) is 15.2. The van der Waals surface area contributed by atoms with E-state index in [1.54, 1.807) is 0 Å². The van der Waals surface area contributed by atoms with Crippen molar-refractivity contribution in [1.29, 1.82) is 0 Å². The molecule has 2 unspecified atom stereocenters. The minimum absolute atomic E-state index is 0.0550. The Kier molecular flexibility index (Phi) is 4.51. The first-order valence-corrected chi connectivity index (χ1v) is 8.93. The van der Waals surface area contributed by atoms with Gasteiger partial charge in [0, 0.05) is 5.92 Å². The third kappa shape index (κ3) is 3.30. The second-order valence-corrected chi connectivity index (χ2v) is 7.97. The maximum absolute atomic E-state index is 6.80. The molecule has 0 spiro atoms. The van der Waals surface area contributed by atoms with Gasteiger partial charge in [-0.15, -0.1) is 0 Å². The van der Waals surface area contributed by atoms with Crippen LogP contribution in [-0.2, 0) is 4.74 Å². The fourth-order valence-corrected chi connectivity index (χ4v) is 4.08. The summed E-state index contributed by atoms with van der Waals surface area (Å²) in [4.78, 5) is 0. The Morgan fingerprint density at radius 2 is 1.91 bits per heavy atom. The van der Waals surface area contributed by atoms with Crippen LogP contribution >= 0.6 is 0 Å². The molecule has 23 heavy (non-hydrogen) atoms. The minimum atomic E-state index is -0.0550. The monoisotopic (exact) mass is 310 g/mol. The first-order chi connectivity index (χ1) is 10.9. The lowest BCUT2D eigenvalue weighted by Gasteiger charge is -2.51. The van der Waals surface area contributed by atoms with E-state index in [1.165, 1.54) is 28.7 Å². The van der Waals surface area contributed by atoms with Gasteiger partial charge in [-0.25, -0.2) is 0 Å². The van der Waals surface area contributed by atoms with Crippen molar-refractivity contribution in [1.82, 2.24) is 0 Å². The second-order valence-electron chi connectivity index (χ2n) is 7.97. The average molecular weight is 310 g/mol. The van der Waals surface area contributed by atoms with Gasteiger partial charge in [0.1, 0.15) is 0 Å². The van der Waals surface area contributed by atoms with Crippen molar-refractivity contribution in [3.05, 3.63) is 58.7 Å². The molecule has 1 aromatic rings. The van der Waals surface area contributed by atoms with E-state index < -0.39 is 0 Å². The minimum Gasteiger partial charge on any atom is -0.366 e. The van der Waals surface area contributed by atoms with Crippen LogP contribution in [0, 0.1) is 18.8 Å². The Morgan fingerprint density at radius 3 is 2.57 bits per heavy atom. The van der Waals surface area contributed by atoms with Crippen molar-refractivity contribution in [2.45, 2.75) is 65.6 Å². The van der Waals surface area contributed by atoms with Gasteiger partial charge in [0.25, 0.3) is 0 Å². The van der Waals surface area contributed by atoms with Crippen molar-refractivity contribution >= 4 is 0 Å². The number of hydrogen-bond acceptors (Lipinski definition) is 1. The van der Waals surface area contributed by atoms with Crippen LogP contribution in [0.3, 0.4) is 0 Å². The maximum Gasteiger partial charge on any atom is 0.0897 e. The quantitative estimate of drug-likeness (QED) is 0.608. The van der Waals surface area contributed by atoms with Crippen LogP contribution in [0.5, 0.6) is 0 Å². The first kappa shape index (κ1) is 16.5. The summed E-state index contributed by atoms with van der Waals surface area (Å²) in [5.74, 6) is 1.17. The lowest BCUT2D eigenvalue weighted by atomic mass is 9.67. The van der Waals surface area contributed by atoms with Gasteiger partial charge in [0.05, 0.1) is 11.7 Å². The zero-order valence-electron chi connectivity index (χ0n) is 15.2. The molecule has 0 saturated carbocycles. The lowest BCUT2D eigenvalue weighted by molar-refractivity contribution is -0.175. The Balaban J connectivity index is 1.94. The summed E-state index contributed by atoms with van der Waals surface area (Å²) in [6.45, 7) is 11.1. The fourth-order valence-electron chi connectivity index (χ4n) is 4.08. The first-order valence-electron chi connectivity index (χ1n) is 8.93. The molecule has 0 amide bonds. The summed E-state index contributed by atoms with van der Waals surface area (Å²) in [5.41, 5.74) is 5.48. The molecule has 4 atom stereocenters. The topological polar surface area (TPSA) is 9.23 Å². The Hall–Kier alpha value is -1.34. The van der Waals surface area contributed by atoms with Gasteiger partial charge in [0.15, 0.2) is 0 Å². The molecule has 1 aliphatic heterocycles. The summed E-state index contributed by atoms with van der Waals surface area (Å²) in [6, 6.07) is 8.92. The molecule has 1 nitrogen and oxygen atoms in total. The molecule has 1 fully saturated rings. The fraction of sp³-hybridized carbons (Fsp3) is 0.545. The molecule has 1 heterocycles. The summed E-state index contributed by atoms with van der Waals surface area (Å²) in [5, 5.41) is 0. The van der Waals surface area contributed by atoms with E-state index in [2.05, 4.69) is 71.0 Å². The van der Waals surface area contributed by atoms with E-state index in [1.807, 2.05) is 0 Å². The van der Waals surface area contributed by atoms with Gasteiger partial charge in [-0.1, -0.05) is 53.1 Å². The largest absolute Gasteiger partial charge is 0.366 e. The third-order valence-corrected chi connectivity index (χ3v) is 5.79. The predicted octanol–water partition coefficient (Wildman–Crippen LogP) is 6.15. The van der Waals surface area contributed by atoms with E-state index in [9.17, 15) is 0 Å². The molecule has 1 heteroatoms. The van der Waals surface area contributed by atoms with E-state index in [-0.39, 0.29) is 11.7 Å².